The van der Waals surface area contributed by atoms with E-state index in [-0.39, 0.29) is 12.1 Å². The molecular formula is C16H19N3O. The largest absolute Gasteiger partial charge is 0.464 e. The molecule has 0 bridgehead atoms. The van der Waals surface area contributed by atoms with Crippen molar-refractivity contribution in [2.75, 3.05) is 11.9 Å². The predicted molar refractivity (Wildman–Crippen MR) is 79.4 cm³/mol. The molecule has 2 aromatic rings. The van der Waals surface area contributed by atoms with Gasteiger partial charge in [0.15, 0.2) is 0 Å². The second-order valence-corrected chi connectivity index (χ2v) is 5.03. The maximum atomic E-state index is 9.00. The number of hydrogen-bond acceptors (Lipinski definition) is 4. The Bertz CT molecular complexity index is 625. The van der Waals surface area contributed by atoms with Crippen LogP contribution < -0.4 is 10.6 Å². The Balaban J connectivity index is 2.36. The minimum atomic E-state index is -0.101. The molecule has 0 spiro atoms. The van der Waals surface area contributed by atoms with Gasteiger partial charge >= 0.3 is 0 Å². The maximum Gasteiger partial charge on any atom is 0.128 e. The molecule has 0 saturated carbocycles. The van der Waals surface area contributed by atoms with E-state index in [1.54, 1.807) is 6.07 Å². The van der Waals surface area contributed by atoms with E-state index in [0.29, 0.717) is 5.56 Å². The monoisotopic (exact) mass is 269 g/mol. The zero-order valence-corrected chi connectivity index (χ0v) is 12.0. The van der Waals surface area contributed by atoms with Crippen molar-refractivity contribution in [3.8, 4) is 6.07 Å². The van der Waals surface area contributed by atoms with Gasteiger partial charge in [-0.2, -0.15) is 5.26 Å². The van der Waals surface area contributed by atoms with E-state index >= 15 is 0 Å². The van der Waals surface area contributed by atoms with Gasteiger partial charge in [0.05, 0.1) is 11.6 Å². The van der Waals surface area contributed by atoms with Crippen LogP contribution in [-0.4, -0.2) is 13.1 Å². The highest BCUT2D eigenvalue weighted by molar-refractivity contribution is 5.52. The molecule has 0 aliphatic carbocycles. The summed E-state index contributed by atoms with van der Waals surface area (Å²) in [5.41, 5.74) is 7.70. The van der Waals surface area contributed by atoms with Crippen molar-refractivity contribution in [1.82, 2.24) is 0 Å². The molecule has 20 heavy (non-hydrogen) atoms. The summed E-state index contributed by atoms with van der Waals surface area (Å²) in [6.45, 7) is 3.87. The van der Waals surface area contributed by atoms with Crippen LogP contribution in [0.3, 0.4) is 0 Å². The zero-order chi connectivity index (χ0) is 14.7. The number of nitriles is 1. The van der Waals surface area contributed by atoms with E-state index < -0.39 is 0 Å². The van der Waals surface area contributed by atoms with Crippen molar-refractivity contribution in [1.29, 1.82) is 5.26 Å². The highest BCUT2D eigenvalue weighted by Crippen LogP contribution is 2.29. The minimum absolute atomic E-state index is 0.0716. The summed E-state index contributed by atoms with van der Waals surface area (Å²) in [5.74, 6) is 1.70. The van der Waals surface area contributed by atoms with Crippen LogP contribution >= 0.6 is 0 Å². The summed E-state index contributed by atoms with van der Waals surface area (Å²) in [6, 6.07) is 13.3. The first-order valence-corrected chi connectivity index (χ1v) is 6.58. The molecule has 0 aliphatic heterocycles. The smallest absolute Gasteiger partial charge is 0.128 e. The number of likely N-dealkylation sites (N-methyl/N-ethyl adjacent to an activating group) is 1. The molecule has 2 rings (SSSR count). The molecule has 0 saturated heterocycles. The molecule has 104 valence electrons. The van der Waals surface area contributed by atoms with Gasteiger partial charge in [-0.1, -0.05) is 6.07 Å². The average molecular weight is 269 g/mol. The fourth-order valence-corrected chi connectivity index (χ4v) is 2.37. The second-order valence-electron chi connectivity index (χ2n) is 5.03. The number of aryl methyl sites for hydroxylation is 1. The molecule has 0 fully saturated rings. The van der Waals surface area contributed by atoms with Gasteiger partial charge in [0.2, 0.25) is 0 Å². The van der Waals surface area contributed by atoms with Crippen LogP contribution in [0.5, 0.6) is 0 Å². The molecule has 0 amide bonds. The molecule has 4 heteroatoms. The van der Waals surface area contributed by atoms with E-state index in [0.717, 1.165) is 17.2 Å². The van der Waals surface area contributed by atoms with Crippen LogP contribution in [-0.2, 0) is 0 Å². The maximum absolute atomic E-state index is 9.00. The van der Waals surface area contributed by atoms with E-state index in [1.165, 1.54) is 0 Å². The number of rotatable bonds is 4. The molecule has 2 N–H and O–H groups in total. The van der Waals surface area contributed by atoms with Crippen LogP contribution in [0.15, 0.2) is 40.8 Å². The summed E-state index contributed by atoms with van der Waals surface area (Å²) >= 11 is 0. The second kappa shape index (κ2) is 5.81. The zero-order valence-electron chi connectivity index (χ0n) is 12.0. The molecule has 4 nitrogen and oxygen atoms in total. The lowest BCUT2D eigenvalue weighted by atomic mass is 10.1. The Kier molecular flexibility index (Phi) is 4.11. The number of hydrogen-bond donors (Lipinski definition) is 1. The number of nitrogens with zero attached hydrogens (tertiary/aromatic N) is 2. The summed E-state index contributed by atoms with van der Waals surface area (Å²) < 4.78 is 5.72. The quantitative estimate of drug-likeness (QED) is 0.926. The summed E-state index contributed by atoms with van der Waals surface area (Å²) in [7, 11) is 1.96. The van der Waals surface area contributed by atoms with Crippen LogP contribution in [0.25, 0.3) is 0 Å². The fourth-order valence-electron chi connectivity index (χ4n) is 2.37. The van der Waals surface area contributed by atoms with Crippen LogP contribution in [0.2, 0.25) is 0 Å². The lowest BCUT2D eigenvalue weighted by Crippen LogP contribution is -2.37. The van der Waals surface area contributed by atoms with Crippen LogP contribution in [0.1, 0.15) is 30.0 Å². The molecule has 1 aromatic carbocycles. The van der Waals surface area contributed by atoms with Gasteiger partial charge in [-0.15, -0.1) is 0 Å². The Labute approximate surface area is 119 Å². The van der Waals surface area contributed by atoms with Gasteiger partial charge < -0.3 is 15.1 Å². The highest BCUT2D eigenvalue weighted by Gasteiger charge is 2.24. The first kappa shape index (κ1) is 14.2. The summed E-state index contributed by atoms with van der Waals surface area (Å²) in [6.07, 6.45) is 0. The fraction of sp³-hybridized carbons (Fsp3) is 0.312. The van der Waals surface area contributed by atoms with Crippen molar-refractivity contribution in [3.63, 3.8) is 0 Å². The van der Waals surface area contributed by atoms with Crippen LogP contribution in [0, 0.1) is 18.3 Å². The van der Waals surface area contributed by atoms with Gasteiger partial charge in [-0.05, 0) is 44.2 Å². The van der Waals surface area contributed by atoms with Crippen molar-refractivity contribution in [2.24, 2.45) is 5.73 Å². The van der Waals surface area contributed by atoms with E-state index in [9.17, 15) is 0 Å². The average Bonchev–Trinajstić information content (AvgIpc) is 2.84. The first-order chi connectivity index (χ1) is 9.52. The topological polar surface area (TPSA) is 66.2 Å². The number of furan rings is 1. The van der Waals surface area contributed by atoms with Crippen molar-refractivity contribution in [2.45, 2.75) is 25.9 Å². The number of benzene rings is 1. The van der Waals surface area contributed by atoms with E-state index in [4.69, 9.17) is 15.4 Å². The lowest BCUT2D eigenvalue weighted by molar-refractivity contribution is 0.410. The minimum Gasteiger partial charge on any atom is -0.464 e. The SMILES string of the molecule is Cc1ccc(C(C(C)N)N(C)c2cccc(C#N)c2)o1. The molecule has 1 heterocycles. The normalized spacial score (nSPS) is 13.6. The third-order valence-corrected chi connectivity index (χ3v) is 3.35. The Morgan fingerprint density at radius 2 is 2.05 bits per heavy atom. The predicted octanol–water partition coefficient (Wildman–Crippen LogP) is 2.98. The molecule has 0 radical (unpaired) electrons. The number of anilines is 1. The van der Waals surface area contributed by atoms with E-state index in [2.05, 4.69) is 6.07 Å². The molecule has 2 unspecified atom stereocenters. The Morgan fingerprint density at radius 1 is 1.30 bits per heavy atom. The van der Waals surface area contributed by atoms with Gasteiger partial charge in [0.25, 0.3) is 0 Å². The molecule has 0 aliphatic rings. The summed E-state index contributed by atoms with van der Waals surface area (Å²) in [5, 5.41) is 9.00. The lowest BCUT2D eigenvalue weighted by Gasteiger charge is -2.31. The molecule has 2 atom stereocenters. The van der Waals surface area contributed by atoms with Crippen LogP contribution in [0.4, 0.5) is 5.69 Å². The van der Waals surface area contributed by atoms with Crippen molar-refractivity contribution >= 4 is 5.69 Å². The standard InChI is InChI=1S/C16H19N3O/c1-11-7-8-15(20-11)16(12(2)18)19(3)14-6-4-5-13(9-14)10-17/h4-9,12,16H,18H2,1-3H3. The highest BCUT2D eigenvalue weighted by atomic mass is 16.3. The molecule has 1 aromatic heterocycles. The number of nitrogens with two attached hydrogens (primary N) is 1. The first-order valence-electron chi connectivity index (χ1n) is 6.58. The van der Waals surface area contributed by atoms with Crippen molar-refractivity contribution in [3.05, 3.63) is 53.5 Å². The third-order valence-electron chi connectivity index (χ3n) is 3.35. The molecular weight excluding hydrogens is 250 g/mol. The van der Waals surface area contributed by atoms with Crippen molar-refractivity contribution < 1.29 is 4.42 Å². The van der Waals surface area contributed by atoms with Gasteiger partial charge in [0, 0.05) is 18.8 Å². The third kappa shape index (κ3) is 2.84. The van der Waals surface area contributed by atoms with Gasteiger partial charge in [-0.25, -0.2) is 0 Å². The van der Waals surface area contributed by atoms with Gasteiger partial charge in [0.1, 0.15) is 17.6 Å². The Morgan fingerprint density at radius 3 is 2.60 bits per heavy atom. The van der Waals surface area contributed by atoms with Gasteiger partial charge in [-0.3, -0.25) is 0 Å². The van der Waals surface area contributed by atoms with E-state index in [1.807, 2.05) is 56.1 Å². The summed E-state index contributed by atoms with van der Waals surface area (Å²) in [4.78, 5) is 2.05. The Hall–Kier alpha value is -2.25.